The number of nitrogens with zero attached hydrogens (tertiary/aromatic N) is 3. The molecule has 0 aliphatic heterocycles. The highest BCUT2D eigenvalue weighted by Crippen LogP contribution is 2.39. The molecule has 6 nitrogen and oxygen atoms in total. The van der Waals surface area contributed by atoms with Gasteiger partial charge in [-0.2, -0.15) is 0 Å². The van der Waals surface area contributed by atoms with E-state index in [4.69, 9.17) is 0 Å². The Morgan fingerprint density at radius 2 is 1.67 bits per heavy atom. The van der Waals surface area contributed by atoms with Gasteiger partial charge in [0.15, 0.2) is 5.69 Å². The Kier molecular flexibility index (Phi) is 2.35. The minimum Gasteiger partial charge on any atom is -0.291 e. The topological polar surface area (TPSA) is 87.5 Å². The molecule has 18 heavy (non-hydrogen) atoms. The minimum atomic E-state index is 0.0549. The molecule has 6 heteroatoms. The van der Waals surface area contributed by atoms with Crippen LogP contribution in [0.15, 0.2) is 41.8 Å². The van der Waals surface area contributed by atoms with Crippen molar-refractivity contribution in [1.29, 1.82) is 0 Å². The highest BCUT2D eigenvalue weighted by atomic mass is 16.5. The zero-order valence-corrected chi connectivity index (χ0v) is 9.16. The largest absolute Gasteiger partial charge is 0.291 e. The number of anilines is 1. The predicted octanol–water partition coefficient (Wildman–Crippen LogP) is 2.98. The summed E-state index contributed by atoms with van der Waals surface area (Å²) >= 11 is 0. The fraction of sp³-hybridized carbons (Fsp3) is 0. The first-order chi connectivity index (χ1) is 8.86. The van der Waals surface area contributed by atoms with E-state index in [0.717, 1.165) is 10.8 Å². The summed E-state index contributed by atoms with van der Waals surface area (Å²) in [6.07, 6.45) is 3.15. The number of nitroso groups, excluding NO2 is 1. The lowest BCUT2D eigenvalue weighted by Gasteiger charge is -2.09. The average molecular weight is 240 g/mol. The van der Waals surface area contributed by atoms with Crippen LogP contribution in [0.1, 0.15) is 0 Å². The molecule has 0 bridgehead atoms. The number of nitrogens with one attached hydrogen (secondary N) is 1. The Bertz CT molecular complexity index is 757. The smallest absolute Gasteiger partial charge is 0.161 e. The Balaban J connectivity index is 2.65. The molecule has 88 valence electrons. The van der Waals surface area contributed by atoms with Crippen molar-refractivity contribution in [2.24, 2.45) is 5.18 Å². The molecule has 0 saturated heterocycles. The number of benzene rings is 1. The highest BCUT2D eigenvalue weighted by Gasteiger charge is 2.16. The van der Waals surface area contributed by atoms with Gasteiger partial charge >= 0.3 is 0 Å². The van der Waals surface area contributed by atoms with Crippen molar-refractivity contribution in [3.05, 3.63) is 41.6 Å². The van der Waals surface area contributed by atoms with Gasteiger partial charge in [-0.15, -0.1) is 4.91 Å². The molecular formula is C12H8N4O2. The molecule has 0 amide bonds. The molecule has 3 rings (SSSR count). The number of fused-ring (bicyclic) bond motifs is 3. The molecule has 0 saturated carbocycles. The van der Waals surface area contributed by atoms with Crippen LogP contribution < -0.4 is 5.48 Å². The van der Waals surface area contributed by atoms with Gasteiger partial charge in [0.25, 0.3) is 0 Å². The third-order valence-electron chi connectivity index (χ3n) is 2.81. The van der Waals surface area contributed by atoms with Crippen molar-refractivity contribution in [1.82, 2.24) is 9.97 Å². The summed E-state index contributed by atoms with van der Waals surface area (Å²) in [7, 11) is 0. The summed E-state index contributed by atoms with van der Waals surface area (Å²) in [5, 5.41) is 13.7. The summed E-state index contributed by atoms with van der Waals surface area (Å²) in [6, 6.07) is 7.24. The van der Waals surface area contributed by atoms with E-state index in [1.165, 1.54) is 0 Å². The molecule has 2 heterocycles. The third kappa shape index (κ3) is 1.33. The van der Waals surface area contributed by atoms with E-state index in [-0.39, 0.29) is 11.4 Å². The lowest BCUT2D eigenvalue weighted by atomic mass is 10.1. The Morgan fingerprint density at radius 3 is 2.28 bits per heavy atom. The van der Waals surface area contributed by atoms with Crippen LogP contribution in [0.2, 0.25) is 0 Å². The summed E-state index contributed by atoms with van der Waals surface area (Å²) in [4.78, 5) is 19.3. The molecular weight excluding hydrogens is 232 g/mol. The van der Waals surface area contributed by atoms with E-state index < -0.39 is 0 Å². The van der Waals surface area contributed by atoms with Gasteiger partial charge in [-0.25, -0.2) is 0 Å². The van der Waals surface area contributed by atoms with E-state index in [0.29, 0.717) is 11.0 Å². The van der Waals surface area contributed by atoms with Crippen LogP contribution >= 0.6 is 0 Å². The minimum absolute atomic E-state index is 0.0549. The van der Waals surface area contributed by atoms with Crippen molar-refractivity contribution in [3.8, 4) is 0 Å². The van der Waals surface area contributed by atoms with Gasteiger partial charge in [-0.1, -0.05) is 12.1 Å². The van der Waals surface area contributed by atoms with Gasteiger partial charge in [0.1, 0.15) is 11.2 Å². The van der Waals surface area contributed by atoms with Crippen LogP contribution in [-0.2, 0) is 0 Å². The lowest BCUT2D eigenvalue weighted by molar-refractivity contribution is 0.390. The van der Waals surface area contributed by atoms with E-state index in [1.54, 1.807) is 24.5 Å². The molecule has 2 N–H and O–H groups in total. The van der Waals surface area contributed by atoms with Crippen molar-refractivity contribution < 1.29 is 5.21 Å². The third-order valence-corrected chi connectivity index (χ3v) is 2.81. The monoisotopic (exact) mass is 240 g/mol. The normalized spacial score (nSPS) is 10.7. The quantitative estimate of drug-likeness (QED) is 0.408. The second-order valence-corrected chi connectivity index (χ2v) is 3.73. The molecule has 1 aromatic carbocycles. The summed E-state index contributed by atoms with van der Waals surface area (Å²) in [5.74, 6) is 0. The molecule has 2 aromatic heterocycles. The van der Waals surface area contributed by atoms with Crippen molar-refractivity contribution in [2.45, 2.75) is 0 Å². The Labute approximate surface area is 101 Å². The van der Waals surface area contributed by atoms with Crippen molar-refractivity contribution in [3.63, 3.8) is 0 Å². The van der Waals surface area contributed by atoms with Crippen LogP contribution in [0.3, 0.4) is 0 Å². The summed E-state index contributed by atoms with van der Waals surface area (Å²) < 4.78 is 0. The van der Waals surface area contributed by atoms with E-state index >= 15 is 0 Å². The zero-order chi connectivity index (χ0) is 12.5. The second kappa shape index (κ2) is 4.01. The van der Waals surface area contributed by atoms with Crippen molar-refractivity contribution in [2.75, 3.05) is 5.48 Å². The first-order valence-corrected chi connectivity index (χ1v) is 5.25. The number of aromatic nitrogens is 2. The van der Waals surface area contributed by atoms with Crippen LogP contribution in [0, 0.1) is 4.91 Å². The maximum absolute atomic E-state index is 11.0. The number of pyridine rings is 2. The molecule has 0 aliphatic carbocycles. The number of hydrogen-bond donors (Lipinski definition) is 2. The van der Waals surface area contributed by atoms with Gasteiger partial charge in [0, 0.05) is 23.2 Å². The SMILES string of the molecule is O=Nc1c(NO)c2ncccc2c2cccnc12. The first kappa shape index (κ1) is 10.5. The van der Waals surface area contributed by atoms with E-state index in [2.05, 4.69) is 15.1 Å². The fourth-order valence-corrected chi connectivity index (χ4v) is 2.06. The molecule has 0 unspecified atom stereocenters. The molecule has 0 aliphatic rings. The molecule has 0 radical (unpaired) electrons. The number of hydrogen-bond acceptors (Lipinski definition) is 6. The van der Waals surface area contributed by atoms with Crippen LogP contribution in [-0.4, -0.2) is 15.2 Å². The number of rotatable bonds is 2. The zero-order valence-electron chi connectivity index (χ0n) is 9.16. The van der Waals surface area contributed by atoms with Gasteiger partial charge in [-0.3, -0.25) is 20.7 Å². The lowest BCUT2D eigenvalue weighted by Crippen LogP contribution is -1.95. The standard InChI is InChI=1S/C12H8N4O2/c17-15-11-9-7(3-1-5-13-9)8-4-2-6-14-10(8)12(11)16-18/h1-6,15,17H. The maximum Gasteiger partial charge on any atom is 0.161 e. The maximum atomic E-state index is 11.0. The van der Waals surface area contributed by atoms with E-state index in [9.17, 15) is 10.1 Å². The van der Waals surface area contributed by atoms with Gasteiger partial charge in [-0.05, 0) is 17.3 Å². The Morgan fingerprint density at radius 1 is 1.06 bits per heavy atom. The Hall–Kier alpha value is -2.60. The first-order valence-electron chi connectivity index (χ1n) is 5.25. The van der Waals surface area contributed by atoms with Crippen molar-refractivity contribution >= 4 is 33.2 Å². The molecule has 0 atom stereocenters. The average Bonchev–Trinajstić information content (AvgIpc) is 2.45. The fourth-order valence-electron chi connectivity index (χ4n) is 2.06. The molecule has 0 spiro atoms. The molecule has 3 aromatic rings. The second-order valence-electron chi connectivity index (χ2n) is 3.73. The van der Waals surface area contributed by atoms with Crippen LogP contribution in [0.25, 0.3) is 21.8 Å². The van der Waals surface area contributed by atoms with Gasteiger partial charge < -0.3 is 0 Å². The van der Waals surface area contributed by atoms with Gasteiger partial charge in [0.05, 0.1) is 5.52 Å². The van der Waals surface area contributed by atoms with Crippen LogP contribution in [0.4, 0.5) is 11.4 Å². The summed E-state index contributed by atoms with van der Waals surface area (Å²) in [5.41, 5.74) is 3.13. The molecule has 0 fully saturated rings. The highest BCUT2D eigenvalue weighted by molar-refractivity contribution is 6.16. The van der Waals surface area contributed by atoms with E-state index in [1.807, 2.05) is 17.6 Å². The predicted molar refractivity (Wildman–Crippen MR) is 67.9 cm³/mol. The van der Waals surface area contributed by atoms with Gasteiger partial charge in [0.2, 0.25) is 0 Å². The summed E-state index contributed by atoms with van der Waals surface area (Å²) in [6.45, 7) is 0. The van der Waals surface area contributed by atoms with Crippen LogP contribution in [0.5, 0.6) is 0 Å².